The summed E-state index contributed by atoms with van der Waals surface area (Å²) in [4.78, 5) is 0. The Hall–Kier alpha value is -0.600. The summed E-state index contributed by atoms with van der Waals surface area (Å²) >= 11 is 0. The van der Waals surface area contributed by atoms with Crippen LogP contribution in [0.3, 0.4) is 0 Å². The smallest absolute Gasteiger partial charge is 0.0662 e. The van der Waals surface area contributed by atoms with Gasteiger partial charge in [-0.25, -0.2) is 0 Å². The van der Waals surface area contributed by atoms with Gasteiger partial charge in [0.05, 0.1) is 13.2 Å². The first-order valence-corrected chi connectivity index (χ1v) is 3.45. The minimum atomic E-state index is -0.125. The molecule has 0 amide bonds. The molecule has 2 nitrogen and oxygen atoms in total. The number of hydrogen-bond donors (Lipinski definition) is 2. The van der Waals surface area contributed by atoms with Crippen molar-refractivity contribution >= 4 is 0 Å². The number of rotatable bonds is 1. The molecule has 0 aliphatic heterocycles. The standard InChI is InChI=1S/C6H8.C2H6O2/c1-2-4-6-5-3-1;3-1-2-4/h1-4H,5-6H2;3-4H,1-2H2. The Morgan fingerprint density at radius 1 is 0.900 bits per heavy atom. The maximum atomic E-state index is 7.62. The highest BCUT2D eigenvalue weighted by atomic mass is 16.3. The Kier molecular flexibility index (Phi) is 7.90. The first-order chi connectivity index (χ1) is 4.91. The quantitative estimate of drug-likeness (QED) is 0.570. The Balaban J connectivity index is 0.000000180. The number of aliphatic hydroxyl groups is 2. The van der Waals surface area contributed by atoms with E-state index in [1.807, 2.05) is 0 Å². The molecule has 0 saturated heterocycles. The molecule has 1 aliphatic carbocycles. The Morgan fingerprint density at radius 2 is 1.30 bits per heavy atom. The van der Waals surface area contributed by atoms with Crippen LogP contribution in [-0.4, -0.2) is 23.4 Å². The van der Waals surface area contributed by atoms with Crippen LogP contribution in [0.15, 0.2) is 24.3 Å². The second-order valence-electron chi connectivity index (χ2n) is 1.88. The van der Waals surface area contributed by atoms with Crippen LogP contribution in [0.1, 0.15) is 12.8 Å². The van der Waals surface area contributed by atoms with E-state index in [4.69, 9.17) is 10.2 Å². The van der Waals surface area contributed by atoms with Gasteiger partial charge in [0.1, 0.15) is 0 Å². The van der Waals surface area contributed by atoms with Gasteiger partial charge in [0, 0.05) is 0 Å². The summed E-state index contributed by atoms with van der Waals surface area (Å²) in [5.74, 6) is 0. The number of aliphatic hydroxyl groups excluding tert-OH is 2. The minimum Gasteiger partial charge on any atom is -0.394 e. The van der Waals surface area contributed by atoms with Gasteiger partial charge in [-0.2, -0.15) is 0 Å². The molecular weight excluding hydrogens is 128 g/mol. The lowest BCUT2D eigenvalue weighted by molar-refractivity contribution is 0.186. The third-order valence-corrected chi connectivity index (χ3v) is 0.983. The van der Waals surface area contributed by atoms with Crippen LogP contribution in [-0.2, 0) is 0 Å². The molecule has 0 fully saturated rings. The van der Waals surface area contributed by atoms with E-state index in [0.717, 1.165) is 0 Å². The van der Waals surface area contributed by atoms with Gasteiger partial charge in [0.25, 0.3) is 0 Å². The molecule has 0 heterocycles. The lowest BCUT2D eigenvalue weighted by atomic mass is 10.2. The predicted molar refractivity (Wildman–Crippen MR) is 41.7 cm³/mol. The number of hydrogen-bond acceptors (Lipinski definition) is 2. The van der Waals surface area contributed by atoms with E-state index in [9.17, 15) is 0 Å². The van der Waals surface area contributed by atoms with Gasteiger partial charge in [0.2, 0.25) is 0 Å². The zero-order valence-electron chi connectivity index (χ0n) is 6.03. The van der Waals surface area contributed by atoms with Gasteiger partial charge in [-0.05, 0) is 12.8 Å². The van der Waals surface area contributed by atoms with Gasteiger partial charge in [0.15, 0.2) is 0 Å². The maximum Gasteiger partial charge on any atom is 0.0662 e. The first-order valence-electron chi connectivity index (χ1n) is 3.45. The Morgan fingerprint density at radius 3 is 1.40 bits per heavy atom. The van der Waals surface area contributed by atoms with Crippen molar-refractivity contribution in [2.45, 2.75) is 12.8 Å². The summed E-state index contributed by atoms with van der Waals surface area (Å²) < 4.78 is 0. The van der Waals surface area contributed by atoms with Crippen molar-refractivity contribution in [1.82, 2.24) is 0 Å². The summed E-state index contributed by atoms with van der Waals surface area (Å²) in [6, 6.07) is 0. The molecule has 1 rings (SSSR count). The van der Waals surface area contributed by atoms with Crippen molar-refractivity contribution in [1.29, 1.82) is 0 Å². The Labute approximate surface area is 61.5 Å². The molecule has 2 heteroatoms. The molecule has 0 bridgehead atoms. The average Bonchev–Trinajstić information content (AvgIpc) is 2.08. The van der Waals surface area contributed by atoms with E-state index >= 15 is 0 Å². The van der Waals surface area contributed by atoms with Crippen LogP contribution in [0.5, 0.6) is 0 Å². The summed E-state index contributed by atoms with van der Waals surface area (Å²) in [6.07, 6.45) is 11.0. The predicted octanol–water partition coefficient (Wildman–Crippen LogP) is 0.864. The van der Waals surface area contributed by atoms with Crippen LogP contribution in [0.25, 0.3) is 0 Å². The monoisotopic (exact) mass is 142 g/mol. The van der Waals surface area contributed by atoms with Crippen LogP contribution in [0, 0.1) is 0 Å². The molecular formula is C8H14O2. The zero-order valence-corrected chi connectivity index (χ0v) is 6.03. The molecule has 0 spiro atoms. The van der Waals surface area contributed by atoms with Crippen LogP contribution in [0.2, 0.25) is 0 Å². The van der Waals surface area contributed by atoms with Crippen molar-refractivity contribution in [3.05, 3.63) is 24.3 Å². The molecule has 0 radical (unpaired) electrons. The van der Waals surface area contributed by atoms with Gasteiger partial charge in [-0.15, -0.1) is 0 Å². The lowest BCUT2D eigenvalue weighted by Crippen LogP contribution is -1.85. The van der Waals surface area contributed by atoms with Crippen molar-refractivity contribution in [3.63, 3.8) is 0 Å². The zero-order chi connectivity index (χ0) is 7.66. The summed E-state index contributed by atoms with van der Waals surface area (Å²) in [6.45, 7) is -0.250. The SMILES string of the molecule is C1=CCCC=C1.OCCO. The van der Waals surface area contributed by atoms with Gasteiger partial charge >= 0.3 is 0 Å². The first kappa shape index (κ1) is 9.40. The van der Waals surface area contributed by atoms with Crippen LogP contribution >= 0.6 is 0 Å². The van der Waals surface area contributed by atoms with Crippen molar-refractivity contribution in [2.24, 2.45) is 0 Å². The highest BCUT2D eigenvalue weighted by Crippen LogP contribution is 1.98. The fourth-order valence-corrected chi connectivity index (χ4v) is 0.542. The molecule has 0 aromatic carbocycles. The Bertz CT molecular complexity index is 91.8. The van der Waals surface area contributed by atoms with E-state index in [1.54, 1.807) is 0 Å². The highest BCUT2D eigenvalue weighted by molar-refractivity contribution is 5.07. The van der Waals surface area contributed by atoms with Crippen LogP contribution in [0.4, 0.5) is 0 Å². The van der Waals surface area contributed by atoms with Crippen molar-refractivity contribution < 1.29 is 10.2 Å². The van der Waals surface area contributed by atoms with Crippen molar-refractivity contribution in [2.75, 3.05) is 13.2 Å². The third-order valence-electron chi connectivity index (χ3n) is 0.983. The van der Waals surface area contributed by atoms with E-state index < -0.39 is 0 Å². The topological polar surface area (TPSA) is 40.5 Å². The molecule has 0 aromatic rings. The molecule has 0 aromatic heterocycles. The summed E-state index contributed by atoms with van der Waals surface area (Å²) in [7, 11) is 0. The van der Waals surface area contributed by atoms with Gasteiger partial charge in [-0.3, -0.25) is 0 Å². The largest absolute Gasteiger partial charge is 0.394 e. The van der Waals surface area contributed by atoms with E-state index in [2.05, 4.69) is 24.3 Å². The minimum absolute atomic E-state index is 0.125. The van der Waals surface area contributed by atoms with E-state index in [1.165, 1.54) is 12.8 Å². The molecule has 0 unspecified atom stereocenters. The third kappa shape index (κ3) is 7.40. The summed E-state index contributed by atoms with van der Waals surface area (Å²) in [5.41, 5.74) is 0. The summed E-state index contributed by atoms with van der Waals surface area (Å²) in [5, 5.41) is 15.2. The van der Waals surface area contributed by atoms with E-state index in [0.29, 0.717) is 0 Å². The van der Waals surface area contributed by atoms with Gasteiger partial charge in [-0.1, -0.05) is 24.3 Å². The second-order valence-corrected chi connectivity index (χ2v) is 1.88. The molecule has 58 valence electrons. The van der Waals surface area contributed by atoms with E-state index in [-0.39, 0.29) is 13.2 Å². The number of allylic oxidation sites excluding steroid dienone is 4. The molecule has 0 saturated carbocycles. The molecule has 2 N–H and O–H groups in total. The molecule has 1 aliphatic rings. The normalized spacial score (nSPS) is 14.2. The molecule has 10 heavy (non-hydrogen) atoms. The fraction of sp³-hybridized carbons (Fsp3) is 0.500. The van der Waals surface area contributed by atoms with Gasteiger partial charge < -0.3 is 10.2 Å². The lowest BCUT2D eigenvalue weighted by Gasteiger charge is -1.88. The maximum absolute atomic E-state index is 7.62. The molecule has 0 atom stereocenters. The fourth-order valence-electron chi connectivity index (χ4n) is 0.542. The second kappa shape index (κ2) is 8.40. The highest BCUT2D eigenvalue weighted by Gasteiger charge is 1.77. The van der Waals surface area contributed by atoms with Crippen LogP contribution < -0.4 is 0 Å². The van der Waals surface area contributed by atoms with Crippen molar-refractivity contribution in [3.8, 4) is 0 Å². The average molecular weight is 142 g/mol.